The van der Waals surface area contributed by atoms with Gasteiger partial charge in [-0.3, -0.25) is 9.59 Å². The van der Waals surface area contributed by atoms with Crippen LogP contribution in [0.15, 0.2) is 77.4 Å². The van der Waals surface area contributed by atoms with Gasteiger partial charge in [-0.1, -0.05) is 54.1 Å². The predicted molar refractivity (Wildman–Crippen MR) is 108 cm³/mol. The van der Waals surface area contributed by atoms with Crippen molar-refractivity contribution in [2.75, 3.05) is 11.6 Å². The van der Waals surface area contributed by atoms with Crippen molar-refractivity contribution in [1.29, 1.82) is 0 Å². The third kappa shape index (κ3) is 3.03. The van der Waals surface area contributed by atoms with Crippen LogP contribution in [0.4, 0.5) is 5.69 Å². The predicted octanol–water partition coefficient (Wildman–Crippen LogP) is 3.93. The van der Waals surface area contributed by atoms with Crippen LogP contribution in [-0.4, -0.2) is 24.2 Å². The molecule has 4 rings (SSSR count). The topological polar surface area (TPSA) is 59.0 Å². The average molecular weight is 374 g/mol. The van der Waals surface area contributed by atoms with Crippen LogP contribution in [0.25, 0.3) is 0 Å². The maximum atomic E-state index is 13.4. The van der Waals surface area contributed by atoms with E-state index in [0.717, 1.165) is 16.8 Å². The molecule has 1 amide bonds. The van der Waals surface area contributed by atoms with Gasteiger partial charge in [0.05, 0.1) is 29.8 Å². The highest BCUT2D eigenvalue weighted by atomic mass is 16.5. The molecule has 5 heteroatoms. The average Bonchev–Trinajstić information content (AvgIpc) is 3.04. The first kappa shape index (κ1) is 18.2. The van der Waals surface area contributed by atoms with Gasteiger partial charge in [0.15, 0.2) is 0 Å². The first-order valence-electron chi connectivity index (χ1n) is 9.49. The minimum Gasteiger partial charge on any atom is -0.466 e. The summed E-state index contributed by atoms with van der Waals surface area (Å²) in [6.45, 7) is 4.01. The Morgan fingerprint density at radius 1 is 1.07 bits per heavy atom. The molecule has 2 aromatic rings. The highest BCUT2D eigenvalue weighted by Gasteiger charge is 2.50. The number of nitrogens with zero attached hydrogens (tertiary/aromatic N) is 2. The van der Waals surface area contributed by atoms with E-state index in [1.807, 2.05) is 73.7 Å². The third-order valence-corrected chi connectivity index (χ3v) is 5.32. The van der Waals surface area contributed by atoms with E-state index < -0.39 is 11.8 Å². The van der Waals surface area contributed by atoms with Crippen LogP contribution in [0.2, 0.25) is 0 Å². The number of esters is 1. The van der Waals surface area contributed by atoms with E-state index in [9.17, 15) is 9.59 Å². The number of benzene rings is 2. The summed E-state index contributed by atoms with van der Waals surface area (Å²) >= 11 is 0. The van der Waals surface area contributed by atoms with E-state index in [-0.39, 0.29) is 17.8 Å². The van der Waals surface area contributed by atoms with Crippen molar-refractivity contribution >= 4 is 23.3 Å². The van der Waals surface area contributed by atoms with Gasteiger partial charge in [0.1, 0.15) is 0 Å². The van der Waals surface area contributed by atoms with Crippen LogP contribution >= 0.6 is 0 Å². The van der Waals surface area contributed by atoms with Crippen LogP contribution in [0.3, 0.4) is 0 Å². The fourth-order valence-electron chi connectivity index (χ4n) is 4.12. The second kappa shape index (κ2) is 7.43. The Labute approximate surface area is 164 Å². The highest BCUT2D eigenvalue weighted by molar-refractivity contribution is 6.21. The maximum Gasteiger partial charge on any atom is 0.313 e. The van der Waals surface area contributed by atoms with Crippen molar-refractivity contribution in [3.8, 4) is 0 Å². The molecule has 0 bridgehead atoms. The number of rotatable bonds is 4. The van der Waals surface area contributed by atoms with Crippen LogP contribution in [0.5, 0.6) is 0 Å². The second-order valence-electron chi connectivity index (χ2n) is 7.04. The van der Waals surface area contributed by atoms with E-state index in [0.29, 0.717) is 12.3 Å². The lowest BCUT2D eigenvalue weighted by atomic mass is 9.68. The van der Waals surface area contributed by atoms with Crippen molar-refractivity contribution in [1.82, 2.24) is 0 Å². The molecule has 5 nitrogen and oxygen atoms in total. The minimum absolute atomic E-state index is 0.117. The Morgan fingerprint density at radius 3 is 2.36 bits per heavy atom. The van der Waals surface area contributed by atoms with Crippen LogP contribution in [0.1, 0.15) is 25.3 Å². The summed E-state index contributed by atoms with van der Waals surface area (Å²) in [6.07, 6.45) is 1.87. The maximum absolute atomic E-state index is 13.4. The molecule has 0 radical (unpaired) electrons. The summed E-state index contributed by atoms with van der Waals surface area (Å²) in [6, 6.07) is 19.1. The van der Waals surface area contributed by atoms with Gasteiger partial charge in [0.25, 0.3) is 5.91 Å². The van der Waals surface area contributed by atoms with Crippen molar-refractivity contribution in [3.05, 3.63) is 77.9 Å². The van der Waals surface area contributed by atoms with Crippen molar-refractivity contribution < 1.29 is 14.3 Å². The number of carbonyl (C=O) groups excluding carboxylic acids is 2. The number of hydrogen-bond donors (Lipinski definition) is 0. The zero-order chi connectivity index (χ0) is 19.7. The lowest BCUT2D eigenvalue weighted by Crippen LogP contribution is -2.41. The molecule has 3 unspecified atom stereocenters. The molecule has 0 saturated carbocycles. The zero-order valence-electron chi connectivity index (χ0n) is 15.9. The van der Waals surface area contributed by atoms with E-state index in [4.69, 9.17) is 4.74 Å². The van der Waals surface area contributed by atoms with Gasteiger partial charge in [0.2, 0.25) is 0 Å². The van der Waals surface area contributed by atoms with Gasteiger partial charge in [0, 0.05) is 5.92 Å². The smallest absolute Gasteiger partial charge is 0.313 e. The lowest BCUT2D eigenvalue weighted by molar-refractivity contribution is -0.147. The van der Waals surface area contributed by atoms with Gasteiger partial charge < -0.3 is 4.74 Å². The number of anilines is 1. The number of hydrogen-bond acceptors (Lipinski definition) is 4. The van der Waals surface area contributed by atoms with E-state index in [1.54, 1.807) is 6.92 Å². The van der Waals surface area contributed by atoms with Gasteiger partial charge in [-0.25, -0.2) is 0 Å². The molecule has 1 heterocycles. The Kier molecular flexibility index (Phi) is 4.82. The molecule has 1 aliphatic carbocycles. The Balaban J connectivity index is 1.81. The molecule has 3 atom stereocenters. The van der Waals surface area contributed by atoms with Gasteiger partial charge in [-0.05, 0) is 37.6 Å². The molecule has 0 fully saturated rings. The fraction of sp³-hybridized carbons (Fsp3) is 0.261. The quantitative estimate of drug-likeness (QED) is 0.762. The van der Waals surface area contributed by atoms with Crippen molar-refractivity contribution in [2.45, 2.75) is 19.8 Å². The summed E-state index contributed by atoms with van der Waals surface area (Å²) in [7, 11) is 0. The molecular formula is C23H22N2O3. The number of allylic oxidation sites excluding steroid dienone is 1. The zero-order valence-corrected chi connectivity index (χ0v) is 15.9. The first-order chi connectivity index (χ1) is 13.6. The number of fused-ring (bicyclic) bond motifs is 1. The van der Waals surface area contributed by atoms with Gasteiger partial charge >= 0.3 is 5.97 Å². The summed E-state index contributed by atoms with van der Waals surface area (Å²) in [5.74, 6) is -1.78. The van der Waals surface area contributed by atoms with Gasteiger partial charge in [-0.2, -0.15) is 10.1 Å². The largest absolute Gasteiger partial charge is 0.466 e. The molecule has 2 aromatic carbocycles. The molecule has 142 valence electrons. The van der Waals surface area contributed by atoms with E-state index >= 15 is 0 Å². The second-order valence-corrected chi connectivity index (χ2v) is 7.04. The summed E-state index contributed by atoms with van der Waals surface area (Å²) < 4.78 is 5.35. The standard InChI is InChI=1S/C23H22N2O3/c1-3-28-23(27)19-15(2)14-18-21(20(19)16-10-6-4-7-11-16)22(26)25(24-18)17-12-8-5-9-13-17/h4-14,19-21H,3H2,1-2H3. The number of carbonyl (C=O) groups is 2. The molecule has 0 N–H and O–H groups in total. The number of para-hydroxylation sites is 1. The molecule has 0 saturated heterocycles. The SMILES string of the molecule is CCOC(=O)C1C(C)=CC2=NN(c3ccccc3)C(=O)C2C1c1ccccc1. The summed E-state index contributed by atoms with van der Waals surface area (Å²) in [5.41, 5.74) is 3.22. The minimum atomic E-state index is -0.513. The van der Waals surface area contributed by atoms with Crippen molar-refractivity contribution in [2.24, 2.45) is 16.9 Å². The first-order valence-corrected chi connectivity index (χ1v) is 9.49. The molecular weight excluding hydrogens is 352 g/mol. The fourth-order valence-corrected chi connectivity index (χ4v) is 4.12. The van der Waals surface area contributed by atoms with Crippen molar-refractivity contribution in [3.63, 3.8) is 0 Å². The third-order valence-electron chi connectivity index (χ3n) is 5.32. The molecule has 0 spiro atoms. The van der Waals surface area contributed by atoms with Crippen LogP contribution in [0, 0.1) is 11.8 Å². The van der Waals surface area contributed by atoms with Gasteiger partial charge in [-0.15, -0.1) is 0 Å². The molecule has 1 aliphatic heterocycles. The Hall–Kier alpha value is -3.21. The molecule has 2 aliphatic rings. The van der Waals surface area contributed by atoms with E-state index in [1.165, 1.54) is 5.01 Å². The summed E-state index contributed by atoms with van der Waals surface area (Å²) in [5, 5.41) is 6.05. The lowest BCUT2D eigenvalue weighted by Gasteiger charge is -2.34. The Morgan fingerprint density at radius 2 is 1.71 bits per heavy atom. The normalized spacial score (nSPS) is 23.7. The summed E-state index contributed by atoms with van der Waals surface area (Å²) in [4.78, 5) is 26.2. The number of ether oxygens (including phenoxy) is 1. The van der Waals surface area contributed by atoms with Crippen LogP contribution in [-0.2, 0) is 14.3 Å². The molecule has 0 aromatic heterocycles. The number of amides is 1. The molecule has 28 heavy (non-hydrogen) atoms. The Bertz CT molecular complexity index is 950. The number of hydrazone groups is 1. The monoisotopic (exact) mass is 374 g/mol. The van der Waals surface area contributed by atoms with Crippen LogP contribution < -0.4 is 5.01 Å². The van der Waals surface area contributed by atoms with E-state index in [2.05, 4.69) is 5.10 Å². The highest BCUT2D eigenvalue weighted by Crippen LogP contribution is 2.45.